The molecule has 0 fully saturated rings. The highest BCUT2D eigenvalue weighted by molar-refractivity contribution is 5.28. The van der Waals surface area contributed by atoms with Gasteiger partial charge in [-0.2, -0.15) is 0 Å². The van der Waals surface area contributed by atoms with Crippen molar-refractivity contribution in [3.63, 3.8) is 0 Å². The molecule has 0 aliphatic rings. The van der Waals surface area contributed by atoms with E-state index in [2.05, 4.69) is 6.92 Å². The molecule has 2 nitrogen and oxygen atoms in total. The van der Waals surface area contributed by atoms with Crippen LogP contribution in [-0.4, -0.2) is 12.2 Å². The Kier molecular flexibility index (Phi) is 5.19. The largest absolute Gasteiger partial charge is 0.497 e. The summed E-state index contributed by atoms with van der Waals surface area (Å²) in [4.78, 5) is 0. The third-order valence-electron chi connectivity index (χ3n) is 2.58. The highest BCUT2D eigenvalue weighted by Crippen LogP contribution is 2.21. The van der Waals surface area contributed by atoms with Crippen molar-refractivity contribution in [3.05, 3.63) is 29.8 Å². The predicted octanol–water partition coefficient (Wildman–Crippen LogP) is 3.31. The van der Waals surface area contributed by atoms with Crippen molar-refractivity contribution in [2.24, 2.45) is 0 Å². The lowest BCUT2D eigenvalue weighted by atomic mass is 10.0. The summed E-state index contributed by atoms with van der Waals surface area (Å²) in [7, 11) is 1.65. The number of unbranched alkanes of at least 4 members (excludes halogenated alkanes) is 2. The molecule has 0 aliphatic carbocycles. The molecule has 0 spiro atoms. The molecule has 15 heavy (non-hydrogen) atoms. The number of ether oxygens (including phenoxy) is 1. The standard InChI is InChI=1S/C13H20O2/c1-3-4-5-6-13(14)11-7-9-12(15-2)10-8-11/h7-10,13-14H,3-6H2,1-2H3. The average Bonchev–Trinajstić information content (AvgIpc) is 2.29. The van der Waals surface area contributed by atoms with Crippen molar-refractivity contribution in [1.29, 1.82) is 0 Å². The normalized spacial score (nSPS) is 12.5. The van der Waals surface area contributed by atoms with E-state index < -0.39 is 0 Å². The van der Waals surface area contributed by atoms with Crippen molar-refractivity contribution in [1.82, 2.24) is 0 Å². The Balaban J connectivity index is 2.46. The number of hydrogen-bond donors (Lipinski definition) is 1. The zero-order valence-corrected chi connectivity index (χ0v) is 9.57. The average molecular weight is 208 g/mol. The zero-order chi connectivity index (χ0) is 11.1. The van der Waals surface area contributed by atoms with Crippen LogP contribution in [0, 0.1) is 0 Å². The second kappa shape index (κ2) is 6.46. The van der Waals surface area contributed by atoms with Gasteiger partial charge in [0.05, 0.1) is 13.2 Å². The minimum absolute atomic E-state index is 0.331. The fraction of sp³-hybridized carbons (Fsp3) is 0.538. The Bertz CT molecular complexity index is 266. The number of methoxy groups -OCH3 is 1. The number of aliphatic hydroxyl groups is 1. The van der Waals surface area contributed by atoms with Gasteiger partial charge in [-0.25, -0.2) is 0 Å². The van der Waals surface area contributed by atoms with Gasteiger partial charge in [-0.1, -0.05) is 38.3 Å². The molecule has 1 aromatic rings. The second-order valence-electron chi connectivity index (χ2n) is 3.78. The zero-order valence-electron chi connectivity index (χ0n) is 9.57. The fourth-order valence-corrected chi connectivity index (χ4v) is 1.58. The molecule has 1 atom stereocenters. The molecule has 1 unspecified atom stereocenters. The van der Waals surface area contributed by atoms with Gasteiger partial charge < -0.3 is 9.84 Å². The van der Waals surface area contributed by atoms with Crippen molar-refractivity contribution in [3.8, 4) is 5.75 Å². The van der Waals surface area contributed by atoms with E-state index in [1.807, 2.05) is 24.3 Å². The topological polar surface area (TPSA) is 29.5 Å². The summed E-state index contributed by atoms with van der Waals surface area (Å²) in [5.74, 6) is 0.833. The van der Waals surface area contributed by atoms with E-state index in [1.165, 1.54) is 12.8 Å². The molecule has 84 valence electrons. The Morgan fingerprint density at radius 2 is 1.87 bits per heavy atom. The molecule has 0 heterocycles. The van der Waals surface area contributed by atoms with Crippen molar-refractivity contribution >= 4 is 0 Å². The molecule has 0 bridgehead atoms. The van der Waals surface area contributed by atoms with E-state index in [0.29, 0.717) is 0 Å². The Labute approximate surface area is 91.9 Å². The Morgan fingerprint density at radius 3 is 2.40 bits per heavy atom. The third-order valence-corrected chi connectivity index (χ3v) is 2.58. The van der Waals surface area contributed by atoms with Crippen LogP contribution in [0.3, 0.4) is 0 Å². The van der Waals surface area contributed by atoms with E-state index in [0.717, 1.165) is 24.2 Å². The van der Waals surface area contributed by atoms with E-state index in [4.69, 9.17) is 4.74 Å². The van der Waals surface area contributed by atoms with E-state index in [9.17, 15) is 5.11 Å². The molecule has 0 saturated heterocycles. The Morgan fingerprint density at radius 1 is 1.20 bits per heavy atom. The highest BCUT2D eigenvalue weighted by Gasteiger charge is 2.06. The lowest BCUT2D eigenvalue weighted by Gasteiger charge is -2.10. The highest BCUT2D eigenvalue weighted by atomic mass is 16.5. The maximum Gasteiger partial charge on any atom is 0.118 e. The minimum Gasteiger partial charge on any atom is -0.497 e. The number of hydrogen-bond acceptors (Lipinski definition) is 2. The summed E-state index contributed by atoms with van der Waals surface area (Å²) in [6.07, 6.45) is 3.98. The van der Waals surface area contributed by atoms with Gasteiger partial charge in [-0.05, 0) is 24.1 Å². The van der Waals surface area contributed by atoms with Crippen LogP contribution in [0.1, 0.15) is 44.3 Å². The smallest absolute Gasteiger partial charge is 0.118 e. The summed E-state index contributed by atoms with van der Waals surface area (Å²) in [5, 5.41) is 9.87. The molecular formula is C13H20O2. The lowest BCUT2D eigenvalue weighted by Crippen LogP contribution is -1.97. The van der Waals surface area contributed by atoms with Crippen LogP contribution < -0.4 is 4.74 Å². The van der Waals surface area contributed by atoms with Gasteiger partial charge in [0, 0.05) is 0 Å². The first-order valence-electron chi connectivity index (χ1n) is 5.60. The number of benzene rings is 1. The summed E-state index contributed by atoms with van der Waals surface area (Å²) in [6.45, 7) is 2.17. The van der Waals surface area contributed by atoms with Gasteiger partial charge in [0.15, 0.2) is 0 Å². The predicted molar refractivity (Wildman–Crippen MR) is 62.1 cm³/mol. The van der Waals surface area contributed by atoms with Crippen LogP contribution in [0.15, 0.2) is 24.3 Å². The van der Waals surface area contributed by atoms with Crippen LogP contribution in [0.2, 0.25) is 0 Å². The molecule has 0 radical (unpaired) electrons. The van der Waals surface area contributed by atoms with E-state index in [-0.39, 0.29) is 6.10 Å². The SMILES string of the molecule is CCCCCC(O)c1ccc(OC)cc1. The monoisotopic (exact) mass is 208 g/mol. The molecule has 1 rings (SSSR count). The molecule has 2 heteroatoms. The summed E-state index contributed by atoms with van der Waals surface area (Å²) in [5.41, 5.74) is 0.979. The quantitative estimate of drug-likeness (QED) is 0.727. The second-order valence-corrected chi connectivity index (χ2v) is 3.78. The number of rotatable bonds is 6. The van der Waals surface area contributed by atoms with Crippen LogP contribution in [0.4, 0.5) is 0 Å². The molecule has 1 aromatic carbocycles. The molecule has 0 aromatic heterocycles. The molecular weight excluding hydrogens is 188 g/mol. The van der Waals surface area contributed by atoms with Gasteiger partial charge in [-0.3, -0.25) is 0 Å². The van der Waals surface area contributed by atoms with Crippen LogP contribution in [0.25, 0.3) is 0 Å². The van der Waals surface area contributed by atoms with Gasteiger partial charge in [-0.15, -0.1) is 0 Å². The fourth-order valence-electron chi connectivity index (χ4n) is 1.58. The van der Waals surface area contributed by atoms with E-state index >= 15 is 0 Å². The molecule has 0 amide bonds. The van der Waals surface area contributed by atoms with Gasteiger partial charge in [0.1, 0.15) is 5.75 Å². The first kappa shape index (κ1) is 12.1. The molecule has 0 saturated carbocycles. The summed E-state index contributed by atoms with van der Waals surface area (Å²) >= 11 is 0. The first-order valence-corrected chi connectivity index (χ1v) is 5.60. The van der Waals surface area contributed by atoms with Crippen LogP contribution in [-0.2, 0) is 0 Å². The molecule has 0 aliphatic heterocycles. The maximum absolute atomic E-state index is 9.87. The molecule has 1 N–H and O–H groups in total. The minimum atomic E-state index is -0.331. The maximum atomic E-state index is 9.87. The summed E-state index contributed by atoms with van der Waals surface area (Å²) < 4.78 is 5.07. The van der Waals surface area contributed by atoms with Crippen LogP contribution in [0.5, 0.6) is 5.75 Å². The lowest BCUT2D eigenvalue weighted by molar-refractivity contribution is 0.163. The van der Waals surface area contributed by atoms with Gasteiger partial charge in [0.2, 0.25) is 0 Å². The van der Waals surface area contributed by atoms with Crippen molar-refractivity contribution in [2.75, 3.05) is 7.11 Å². The first-order chi connectivity index (χ1) is 7.27. The third kappa shape index (κ3) is 3.92. The van der Waals surface area contributed by atoms with Crippen molar-refractivity contribution in [2.45, 2.75) is 38.7 Å². The summed E-state index contributed by atoms with van der Waals surface area (Å²) in [6, 6.07) is 7.63. The number of aliphatic hydroxyl groups excluding tert-OH is 1. The van der Waals surface area contributed by atoms with Crippen LogP contribution >= 0.6 is 0 Å². The Hall–Kier alpha value is -1.02. The van der Waals surface area contributed by atoms with E-state index in [1.54, 1.807) is 7.11 Å². The van der Waals surface area contributed by atoms with Gasteiger partial charge >= 0.3 is 0 Å². The van der Waals surface area contributed by atoms with Gasteiger partial charge in [0.25, 0.3) is 0 Å². The van der Waals surface area contributed by atoms with Crippen molar-refractivity contribution < 1.29 is 9.84 Å².